The third-order valence-corrected chi connectivity index (χ3v) is 4.86. The fourth-order valence-corrected chi connectivity index (χ4v) is 3.58. The summed E-state index contributed by atoms with van der Waals surface area (Å²) in [5.41, 5.74) is 0. The van der Waals surface area contributed by atoms with Gasteiger partial charge in [0.15, 0.2) is 4.34 Å². The molecule has 0 aliphatic carbocycles. The van der Waals surface area contributed by atoms with Crippen LogP contribution in [0.4, 0.5) is 0 Å². The van der Waals surface area contributed by atoms with Crippen LogP contribution < -0.4 is 0 Å². The summed E-state index contributed by atoms with van der Waals surface area (Å²) < 4.78 is 6.12. The molecule has 3 aromatic heterocycles. The summed E-state index contributed by atoms with van der Waals surface area (Å²) in [6.45, 7) is 1.93. The lowest BCUT2D eigenvalue weighted by Gasteiger charge is -1.88. The predicted octanol–water partition coefficient (Wildman–Crippen LogP) is 3.25. The Labute approximate surface area is 115 Å². The summed E-state index contributed by atoms with van der Waals surface area (Å²) in [4.78, 5) is 5.36. The molecule has 0 saturated heterocycles. The van der Waals surface area contributed by atoms with Crippen molar-refractivity contribution in [3.8, 4) is 10.7 Å². The summed E-state index contributed by atoms with van der Waals surface area (Å²) in [6, 6.07) is 3.94. The van der Waals surface area contributed by atoms with Gasteiger partial charge in [-0.05, 0) is 18.4 Å². The van der Waals surface area contributed by atoms with E-state index in [0.717, 1.165) is 14.2 Å². The molecule has 0 atom stereocenters. The smallest absolute Gasteiger partial charge is 0.237 e. The van der Waals surface area contributed by atoms with Crippen molar-refractivity contribution >= 4 is 34.4 Å². The van der Waals surface area contributed by atoms with Crippen LogP contribution in [0.3, 0.4) is 0 Å². The van der Waals surface area contributed by atoms with Gasteiger partial charge in [0.25, 0.3) is 0 Å². The van der Waals surface area contributed by atoms with Crippen LogP contribution in [-0.4, -0.2) is 20.3 Å². The number of aryl methyl sites for hydroxylation is 1. The molecule has 0 aliphatic heterocycles. The van der Waals surface area contributed by atoms with Gasteiger partial charge in [0, 0.05) is 0 Å². The third-order valence-electron chi connectivity index (χ3n) is 2.04. The van der Waals surface area contributed by atoms with Crippen LogP contribution in [0.5, 0.6) is 0 Å². The minimum absolute atomic E-state index is 0.608. The van der Waals surface area contributed by atoms with Crippen LogP contribution in [0.2, 0.25) is 0 Å². The minimum atomic E-state index is 0.608. The van der Waals surface area contributed by atoms with E-state index in [-0.39, 0.29) is 0 Å². The van der Waals surface area contributed by atoms with Crippen LogP contribution in [0.1, 0.15) is 10.9 Å². The van der Waals surface area contributed by atoms with E-state index >= 15 is 0 Å². The fraction of sp³-hybridized carbons (Fsp3) is 0.200. The number of nitrogens with zero attached hydrogens (tertiary/aromatic N) is 4. The van der Waals surface area contributed by atoms with Gasteiger partial charge in [-0.3, -0.25) is 0 Å². The zero-order chi connectivity index (χ0) is 12.4. The molecule has 3 rings (SSSR count). The molecular formula is C10H8N4OS3. The SMILES string of the molecule is Cc1nnc(SCc2nc(-c3cccs3)no2)s1. The molecule has 3 heterocycles. The molecule has 0 unspecified atom stereocenters. The van der Waals surface area contributed by atoms with Gasteiger partial charge in [0.05, 0.1) is 10.6 Å². The summed E-state index contributed by atoms with van der Waals surface area (Å²) in [5.74, 6) is 1.87. The van der Waals surface area contributed by atoms with Crippen molar-refractivity contribution < 1.29 is 4.52 Å². The molecular weight excluding hydrogens is 288 g/mol. The van der Waals surface area contributed by atoms with Gasteiger partial charge >= 0.3 is 0 Å². The monoisotopic (exact) mass is 296 g/mol. The summed E-state index contributed by atoms with van der Waals surface area (Å²) in [7, 11) is 0. The first-order chi connectivity index (χ1) is 8.81. The number of thiophene rings is 1. The Balaban J connectivity index is 1.67. The molecule has 92 valence electrons. The number of hydrogen-bond donors (Lipinski definition) is 0. The van der Waals surface area contributed by atoms with Crippen LogP contribution in [0, 0.1) is 6.92 Å². The summed E-state index contributed by atoms with van der Waals surface area (Å²) in [6.07, 6.45) is 0. The van der Waals surface area contributed by atoms with Gasteiger partial charge in [-0.2, -0.15) is 4.98 Å². The van der Waals surface area contributed by atoms with E-state index in [2.05, 4.69) is 20.3 Å². The molecule has 0 fully saturated rings. The first-order valence-electron chi connectivity index (χ1n) is 5.10. The number of thioether (sulfide) groups is 1. The average molecular weight is 296 g/mol. The maximum atomic E-state index is 5.20. The molecule has 0 saturated carbocycles. The molecule has 0 bridgehead atoms. The molecule has 3 aromatic rings. The fourth-order valence-electron chi connectivity index (χ4n) is 1.28. The van der Waals surface area contributed by atoms with Crippen molar-refractivity contribution in [1.29, 1.82) is 0 Å². The highest BCUT2D eigenvalue weighted by molar-refractivity contribution is 8.00. The van der Waals surface area contributed by atoms with E-state index in [1.165, 1.54) is 0 Å². The highest BCUT2D eigenvalue weighted by Gasteiger charge is 2.10. The molecule has 0 aromatic carbocycles. The van der Waals surface area contributed by atoms with E-state index in [0.29, 0.717) is 17.5 Å². The first-order valence-corrected chi connectivity index (χ1v) is 7.79. The summed E-state index contributed by atoms with van der Waals surface area (Å²) >= 11 is 4.72. The second-order valence-electron chi connectivity index (χ2n) is 3.36. The summed E-state index contributed by atoms with van der Waals surface area (Å²) in [5, 5.41) is 14.9. The van der Waals surface area contributed by atoms with E-state index in [9.17, 15) is 0 Å². The molecule has 0 aliphatic rings. The standard InChI is InChI=1S/C10H8N4OS3/c1-6-12-13-10(18-6)17-5-8-11-9(14-15-8)7-3-2-4-16-7/h2-4H,5H2,1H3. The molecule has 0 amide bonds. The highest BCUT2D eigenvalue weighted by Crippen LogP contribution is 2.26. The van der Waals surface area contributed by atoms with Crippen LogP contribution in [0.15, 0.2) is 26.4 Å². The number of rotatable bonds is 4. The Morgan fingerprint density at radius 2 is 2.33 bits per heavy atom. The van der Waals surface area contributed by atoms with Gasteiger partial charge < -0.3 is 4.52 Å². The minimum Gasteiger partial charge on any atom is -0.338 e. The topological polar surface area (TPSA) is 64.7 Å². The Morgan fingerprint density at radius 1 is 1.39 bits per heavy atom. The normalized spacial score (nSPS) is 10.9. The van der Waals surface area contributed by atoms with Gasteiger partial charge in [-0.15, -0.1) is 21.5 Å². The zero-order valence-corrected chi connectivity index (χ0v) is 11.8. The third kappa shape index (κ3) is 2.60. The average Bonchev–Trinajstić information content (AvgIpc) is 3.07. The zero-order valence-electron chi connectivity index (χ0n) is 9.36. The van der Waals surface area contributed by atoms with E-state index < -0.39 is 0 Å². The van der Waals surface area contributed by atoms with Crippen LogP contribution in [-0.2, 0) is 5.75 Å². The lowest BCUT2D eigenvalue weighted by Crippen LogP contribution is -1.80. The van der Waals surface area contributed by atoms with Crippen molar-refractivity contribution in [2.75, 3.05) is 0 Å². The molecule has 0 radical (unpaired) electrons. The highest BCUT2D eigenvalue weighted by atomic mass is 32.2. The van der Waals surface area contributed by atoms with E-state index in [1.54, 1.807) is 34.4 Å². The van der Waals surface area contributed by atoms with Gasteiger partial charge in [0.1, 0.15) is 5.01 Å². The Morgan fingerprint density at radius 3 is 3.06 bits per heavy atom. The number of aromatic nitrogens is 4. The first kappa shape index (κ1) is 11.8. The maximum absolute atomic E-state index is 5.20. The van der Waals surface area contributed by atoms with Crippen molar-refractivity contribution in [1.82, 2.24) is 20.3 Å². The van der Waals surface area contributed by atoms with Gasteiger partial charge in [-0.1, -0.05) is 34.3 Å². The van der Waals surface area contributed by atoms with E-state index in [1.807, 2.05) is 24.4 Å². The quantitative estimate of drug-likeness (QED) is 0.689. The Bertz CT molecular complexity index is 631. The Hall–Kier alpha value is -1.25. The molecule has 0 spiro atoms. The largest absolute Gasteiger partial charge is 0.338 e. The second-order valence-corrected chi connectivity index (χ2v) is 6.72. The predicted molar refractivity (Wildman–Crippen MR) is 71.8 cm³/mol. The molecule has 18 heavy (non-hydrogen) atoms. The lowest BCUT2D eigenvalue weighted by molar-refractivity contribution is 0.392. The molecule has 8 heteroatoms. The van der Waals surface area contributed by atoms with Crippen molar-refractivity contribution in [3.63, 3.8) is 0 Å². The number of hydrogen-bond acceptors (Lipinski definition) is 8. The Kier molecular flexibility index (Phi) is 3.39. The van der Waals surface area contributed by atoms with Crippen LogP contribution in [0.25, 0.3) is 10.7 Å². The molecule has 5 nitrogen and oxygen atoms in total. The van der Waals surface area contributed by atoms with Crippen molar-refractivity contribution in [3.05, 3.63) is 28.4 Å². The van der Waals surface area contributed by atoms with Crippen molar-refractivity contribution in [2.45, 2.75) is 17.0 Å². The van der Waals surface area contributed by atoms with Gasteiger partial charge in [-0.25, -0.2) is 0 Å². The van der Waals surface area contributed by atoms with E-state index in [4.69, 9.17) is 4.52 Å². The maximum Gasteiger partial charge on any atom is 0.237 e. The van der Waals surface area contributed by atoms with Crippen molar-refractivity contribution in [2.24, 2.45) is 0 Å². The van der Waals surface area contributed by atoms with Gasteiger partial charge in [0.2, 0.25) is 11.7 Å². The molecule has 0 N–H and O–H groups in total. The van der Waals surface area contributed by atoms with Crippen LogP contribution >= 0.6 is 34.4 Å². The second kappa shape index (κ2) is 5.17. The lowest BCUT2D eigenvalue weighted by atomic mass is 10.4.